The van der Waals surface area contributed by atoms with Gasteiger partial charge in [-0.25, -0.2) is 4.98 Å². The molecule has 0 aliphatic heterocycles. The monoisotopic (exact) mass is 437 g/mol. The maximum absolute atomic E-state index is 12.3. The molecule has 0 unspecified atom stereocenters. The highest BCUT2D eigenvalue weighted by molar-refractivity contribution is 6.36. The molecule has 0 aliphatic rings. The molecule has 0 aliphatic carbocycles. The van der Waals surface area contributed by atoms with Crippen LogP contribution >= 0.6 is 23.2 Å². The minimum atomic E-state index is -0.214. The Morgan fingerprint density at radius 2 is 1.77 bits per heavy atom. The van der Waals surface area contributed by atoms with E-state index in [9.17, 15) is 4.79 Å². The van der Waals surface area contributed by atoms with Gasteiger partial charge in [-0.15, -0.1) is 0 Å². The average Bonchev–Trinajstić information content (AvgIpc) is 3.12. The third-order valence-electron chi connectivity index (χ3n) is 4.63. The van der Waals surface area contributed by atoms with Gasteiger partial charge in [-0.05, 0) is 23.7 Å². The van der Waals surface area contributed by atoms with Crippen molar-refractivity contribution in [3.63, 3.8) is 0 Å². The lowest BCUT2D eigenvalue weighted by atomic mass is 10.0. The van der Waals surface area contributed by atoms with E-state index in [1.807, 2.05) is 38.2 Å². The van der Waals surface area contributed by atoms with Crippen molar-refractivity contribution in [2.45, 2.75) is 0 Å². The molecule has 2 aromatic carbocycles. The molecule has 2 aromatic heterocycles. The Morgan fingerprint density at radius 3 is 2.53 bits per heavy atom. The van der Waals surface area contributed by atoms with Crippen LogP contribution in [0, 0.1) is 0 Å². The van der Waals surface area contributed by atoms with Gasteiger partial charge in [0.15, 0.2) is 5.65 Å². The molecule has 150 valence electrons. The second-order valence-corrected chi connectivity index (χ2v) is 7.55. The van der Waals surface area contributed by atoms with Crippen LogP contribution in [0.5, 0.6) is 0 Å². The summed E-state index contributed by atoms with van der Waals surface area (Å²) in [5, 5.41) is 11.6. The molecule has 0 fully saturated rings. The Bertz CT molecular complexity index is 1230. The van der Waals surface area contributed by atoms with Crippen molar-refractivity contribution < 1.29 is 4.79 Å². The minimum absolute atomic E-state index is 0.214. The second-order valence-electron chi connectivity index (χ2n) is 6.73. The van der Waals surface area contributed by atoms with Gasteiger partial charge in [-0.1, -0.05) is 53.5 Å². The molecule has 4 aromatic rings. The summed E-state index contributed by atoms with van der Waals surface area (Å²) in [6, 6.07) is 16.4. The van der Waals surface area contributed by atoms with E-state index < -0.39 is 0 Å². The fraction of sp³-hybridized carbons (Fsp3) is 0.0952. The summed E-state index contributed by atoms with van der Waals surface area (Å²) < 4.78 is 1.74. The van der Waals surface area contributed by atoms with Crippen LogP contribution in [0.25, 0.3) is 16.9 Å². The molecule has 9 heteroatoms. The van der Waals surface area contributed by atoms with Crippen molar-refractivity contribution in [2.24, 2.45) is 0 Å². The number of hydrogen-bond acceptors (Lipinski definition) is 4. The van der Waals surface area contributed by atoms with E-state index in [0.29, 0.717) is 28.7 Å². The predicted octanol–water partition coefficient (Wildman–Crippen LogP) is 2.80. The zero-order chi connectivity index (χ0) is 21.1. The third kappa shape index (κ3) is 4.13. The summed E-state index contributed by atoms with van der Waals surface area (Å²) >= 11 is 12.4. The molecule has 0 bridgehead atoms. The number of carbonyl (C=O) groups excluding carboxylic acids is 1. The molecule has 1 amide bonds. The van der Waals surface area contributed by atoms with E-state index in [1.165, 1.54) is 0 Å². The van der Waals surface area contributed by atoms with Gasteiger partial charge in [0.25, 0.3) is 5.91 Å². The van der Waals surface area contributed by atoms with Crippen molar-refractivity contribution in [2.75, 3.05) is 18.4 Å². The smallest absolute Gasteiger partial charge is 0.252 e. The molecule has 0 saturated carbocycles. The molecule has 6 nitrogen and oxygen atoms in total. The highest BCUT2D eigenvalue weighted by Crippen LogP contribution is 2.28. The highest BCUT2D eigenvalue weighted by atomic mass is 35.5. The van der Waals surface area contributed by atoms with E-state index in [1.54, 1.807) is 35.0 Å². The topological polar surface area (TPSA) is 71.3 Å². The largest absolute Gasteiger partial charge is 0.368 e. The van der Waals surface area contributed by atoms with Crippen LogP contribution in [-0.4, -0.2) is 41.4 Å². The molecule has 30 heavy (non-hydrogen) atoms. The maximum atomic E-state index is 12.3. The van der Waals surface area contributed by atoms with Gasteiger partial charge >= 0.3 is 0 Å². The number of nitrogens with zero attached hydrogens (tertiary/aromatic N) is 3. The lowest BCUT2D eigenvalue weighted by Gasteiger charge is -2.12. The highest BCUT2D eigenvalue weighted by Gasteiger charge is 2.13. The fourth-order valence-corrected chi connectivity index (χ4v) is 3.57. The van der Waals surface area contributed by atoms with E-state index >= 15 is 0 Å². The van der Waals surface area contributed by atoms with Gasteiger partial charge in [0, 0.05) is 35.9 Å². The Labute approximate surface area is 184 Å². The predicted molar refractivity (Wildman–Crippen MR) is 124 cm³/mol. The first-order valence-electron chi connectivity index (χ1n) is 9.41. The van der Waals surface area contributed by atoms with Crippen molar-refractivity contribution in [3.8, 4) is 11.3 Å². The summed E-state index contributed by atoms with van der Waals surface area (Å²) in [5.41, 5.74) is 3.75. The SMILES string of the molecule is Bc1cnn2c(NCCNC(=O)c3ccccc3Cl)cc(-c3ccccc3Cl)nc12. The molecule has 0 radical (unpaired) electrons. The number of halogens is 2. The zero-order valence-corrected chi connectivity index (χ0v) is 17.7. The molecule has 0 atom stereocenters. The number of benzene rings is 2. The van der Waals surface area contributed by atoms with Crippen LogP contribution in [0.1, 0.15) is 10.4 Å². The van der Waals surface area contributed by atoms with Gasteiger partial charge in [0.2, 0.25) is 0 Å². The normalized spacial score (nSPS) is 10.9. The Morgan fingerprint density at radius 1 is 1.03 bits per heavy atom. The molecule has 0 spiro atoms. The van der Waals surface area contributed by atoms with E-state index in [0.717, 1.165) is 28.2 Å². The molecule has 2 heterocycles. The van der Waals surface area contributed by atoms with Crippen molar-refractivity contribution in [3.05, 3.63) is 76.4 Å². The van der Waals surface area contributed by atoms with Crippen molar-refractivity contribution in [1.82, 2.24) is 19.9 Å². The number of aromatic nitrogens is 3. The quantitative estimate of drug-likeness (QED) is 0.359. The van der Waals surface area contributed by atoms with Crippen molar-refractivity contribution >= 4 is 53.9 Å². The van der Waals surface area contributed by atoms with Gasteiger partial charge in [0.1, 0.15) is 13.7 Å². The van der Waals surface area contributed by atoms with Crippen LogP contribution in [0.4, 0.5) is 5.82 Å². The van der Waals surface area contributed by atoms with Gasteiger partial charge in [-0.2, -0.15) is 9.61 Å². The third-order valence-corrected chi connectivity index (χ3v) is 5.29. The van der Waals surface area contributed by atoms with E-state index in [4.69, 9.17) is 28.2 Å². The van der Waals surface area contributed by atoms with Crippen LogP contribution in [-0.2, 0) is 0 Å². The van der Waals surface area contributed by atoms with Gasteiger partial charge in [-0.3, -0.25) is 4.79 Å². The number of fused-ring (bicyclic) bond motifs is 1. The summed E-state index contributed by atoms with van der Waals surface area (Å²) in [6.45, 7) is 0.908. The lowest BCUT2D eigenvalue weighted by molar-refractivity contribution is 0.0955. The number of nitrogens with one attached hydrogen (secondary N) is 2. The molecular formula is C21H18BCl2N5O. The standard InChI is InChI=1S/C21H18BCl2N5O/c22-15-12-27-29-19(11-18(28-20(15)29)13-5-1-3-7-16(13)23)25-9-10-26-21(30)14-6-2-4-8-17(14)24/h1-8,11-12,25H,9-10,22H2,(H,26,30). The summed E-state index contributed by atoms with van der Waals surface area (Å²) in [6.07, 6.45) is 1.77. The lowest BCUT2D eigenvalue weighted by Crippen LogP contribution is -2.29. The van der Waals surface area contributed by atoms with Gasteiger partial charge in [0.05, 0.1) is 16.3 Å². The van der Waals surface area contributed by atoms with Crippen LogP contribution in [0.15, 0.2) is 60.8 Å². The first kappa shape index (κ1) is 20.3. The molecule has 2 N–H and O–H groups in total. The number of anilines is 1. The number of hydrogen-bond donors (Lipinski definition) is 2. The van der Waals surface area contributed by atoms with Gasteiger partial charge < -0.3 is 10.6 Å². The Balaban J connectivity index is 1.52. The van der Waals surface area contributed by atoms with E-state index in [-0.39, 0.29) is 5.91 Å². The molecule has 4 rings (SSSR count). The van der Waals surface area contributed by atoms with Crippen molar-refractivity contribution in [1.29, 1.82) is 0 Å². The Hall–Kier alpha value is -3.03. The van der Waals surface area contributed by atoms with E-state index in [2.05, 4.69) is 15.7 Å². The maximum Gasteiger partial charge on any atom is 0.252 e. The minimum Gasteiger partial charge on any atom is -0.368 e. The summed E-state index contributed by atoms with van der Waals surface area (Å²) in [4.78, 5) is 17.0. The number of amides is 1. The molecule has 0 saturated heterocycles. The zero-order valence-electron chi connectivity index (χ0n) is 16.2. The first-order valence-corrected chi connectivity index (χ1v) is 10.2. The fourth-order valence-electron chi connectivity index (χ4n) is 3.11. The average molecular weight is 438 g/mol. The van der Waals surface area contributed by atoms with Crippen LogP contribution in [0.2, 0.25) is 10.0 Å². The van der Waals surface area contributed by atoms with Crippen LogP contribution in [0.3, 0.4) is 0 Å². The number of carbonyl (C=O) groups is 1. The second kappa shape index (κ2) is 8.77. The summed E-state index contributed by atoms with van der Waals surface area (Å²) in [5.74, 6) is 0.545. The number of rotatable bonds is 6. The van der Waals surface area contributed by atoms with Crippen LogP contribution < -0.4 is 16.1 Å². The summed E-state index contributed by atoms with van der Waals surface area (Å²) in [7, 11) is 1.96. The first-order chi connectivity index (χ1) is 14.5. The Kier molecular flexibility index (Phi) is 5.92. The molecular weight excluding hydrogens is 420 g/mol.